The first-order chi connectivity index (χ1) is 14.6. The summed E-state index contributed by atoms with van der Waals surface area (Å²) < 4.78 is 10.3. The Morgan fingerprint density at radius 1 is 1.23 bits per heavy atom. The molecule has 1 N–H and O–H groups in total. The van der Waals surface area contributed by atoms with Crippen LogP contribution < -0.4 is 10.1 Å². The molecule has 2 aromatic rings. The summed E-state index contributed by atoms with van der Waals surface area (Å²) in [6, 6.07) is 9.93. The number of unbranched alkanes of at least 4 members (excludes halogenated alkanes) is 1. The van der Waals surface area contributed by atoms with E-state index < -0.39 is 0 Å². The Morgan fingerprint density at radius 3 is 2.57 bits per heavy atom. The molecule has 1 aromatic carbocycles. The van der Waals surface area contributed by atoms with Crippen LogP contribution in [0.2, 0.25) is 0 Å². The first-order valence-corrected chi connectivity index (χ1v) is 10.9. The zero-order chi connectivity index (χ0) is 21.3. The number of aromatic nitrogens is 1. The van der Waals surface area contributed by atoms with Crippen molar-refractivity contribution in [1.82, 2.24) is 15.0 Å². The number of rotatable bonds is 10. The predicted molar refractivity (Wildman–Crippen MR) is 118 cm³/mol. The van der Waals surface area contributed by atoms with Crippen molar-refractivity contribution >= 4 is 11.7 Å². The van der Waals surface area contributed by atoms with Gasteiger partial charge in [0.25, 0.3) is 0 Å². The zero-order valence-electron chi connectivity index (χ0n) is 18.4. The van der Waals surface area contributed by atoms with Crippen LogP contribution in [-0.4, -0.2) is 66.7 Å². The summed E-state index contributed by atoms with van der Waals surface area (Å²) in [7, 11) is 1.69. The number of nitrogens with zero attached hydrogens (tertiary/aromatic N) is 3. The van der Waals surface area contributed by atoms with E-state index in [0.29, 0.717) is 11.6 Å². The minimum atomic E-state index is -0.120. The van der Waals surface area contributed by atoms with E-state index >= 15 is 0 Å². The van der Waals surface area contributed by atoms with Gasteiger partial charge in [-0.1, -0.05) is 37.1 Å². The zero-order valence-corrected chi connectivity index (χ0v) is 18.4. The van der Waals surface area contributed by atoms with Gasteiger partial charge in [0, 0.05) is 38.8 Å². The number of nitrogens with one attached hydrogen (secondary N) is 1. The summed E-state index contributed by atoms with van der Waals surface area (Å²) in [5.74, 6) is 2.10. The molecule has 0 radical (unpaired) electrons. The Hall–Kier alpha value is -2.38. The summed E-state index contributed by atoms with van der Waals surface area (Å²) >= 11 is 0. The third-order valence-electron chi connectivity index (χ3n) is 5.74. The van der Waals surface area contributed by atoms with Crippen molar-refractivity contribution < 1.29 is 14.1 Å². The second-order valence-corrected chi connectivity index (χ2v) is 7.95. The molecule has 0 spiro atoms. The van der Waals surface area contributed by atoms with E-state index in [9.17, 15) is 4.79 Å². The molecule has 3 rings (SSSR count). The van der Waals surface area contributed by atoms with Gasteiger partial charge in [0.05, 0.1) is 13.2 Å². The number of carbonyl (C=O) groups is 1. The maximum atomic E-state index is 12.9. The molecule has 7 heteroatoms. The Bertz CT molecular complexity index is 782. The van der Waals surface area contributed by atoms with Crippen molar-refractivity contribution in [3.63, 3.8) is 0 Å². The minimum absolute atomic E-state index is 0.0171. The van der Waals surface area contributed by atoms with E-state index in [1.54, 1.807) is 13.2 Å². The molecule has 0 aliphatic carbocycles. The van der Waals surface area contributed by atoms with Gasteiger partial charge in [-0.2, -0.15) is 0 Å². The maximum absolute atomic E-state index is 12.9. The number of piperazine rings is 1. The molecule has 1 atom stereocenters. The van der Waals surface area contributed by atoms with Crippen molar-refractivity contribution in [3.8, 4) is 5.75 Å². The van der Waals surface area contributed by atoms with Crippen LogP contribution in [0, 0.1) is 6.92 Å². The Balaban J connectivity index is 1.49. The molecule has 1 unspecified atom stereocenters. The number of carbonyl (C=O) groups excluding carboxylic acids is 1. The summed E-state index contributed by atoms with van der Waals surface area (Å²) in [4.78, 5) is 17.7. The van der Waals surface area contributed by atoms with Crippen molar-refractivity contribution in [1.29, 1.82) is 0 Å². The van der Waals surface area contributed by atoms with E-state index in [0.717, 1.165) is 64.2 Å². The number of aryl methyl sites for hydroxylation is 1. The lowest BCUT2D eigenvalue weighted by atomic mass is 10.1. The molecule has 164 valence electrons. The van der Waals surface area contributed by atoms with E-state index in [1.807, 2.05) is 19.1 Å². The number of benzene rings is 1. The Kier molecular flexibility index (Phi) is 8.28. The maximum Gasteiger partial charge on any atom is 0.242 e. The fourth-order valence-corrected chi connectivity index (χ4v) is 3.89. The minimum Gasteiger partial charge on any atom is -0.497 e. The second-order valence-electron chi connectivity index (χ2n) is 7.95. The Labute approximate surface area is 179 Å². The van der Waals surface area contributed by atoms with Crippen molar-refractivity contribution in [2.24, 2.45) is 0 Å². The molecule has 0 bridgehead atoms. The topological polar surface area (TPSA) is 70.8 Å². The van der Waals surface area contributed by atoms with Crippen LogP contribution in [0.1, 0.15) is 37.5 Å². The van der Waals surface area contributed by atoms with Crippen LogP contribution in [0.25, 0.3) is 0 Å². The average Bonchev–Trinajstić information content (AvgIpc) is 3.18. The highest BCUT2D eigenvalue weighted by molar-refractivity contribution is 5.94. The van der Waals surface area contributed by atoms with Crippen LogP contribution in [0.5, 0.6) is 5.75 Å². The number of ether oxygens (including phenoxy) is 1. The fraction of sp³-hybridized carbons (Fsp3) is 0.565. The van der Waals surface area contributed by atoms with Gasteiger partial charge < -0.3 is 19.5 Å². The van der Waals surface area contributed by atoms with Crippen molar-refractivity contribution in [2.45, 2.75) is 45.6 Å². The number of hydrogen-bond acceptors (Lipinski definition) is 6. The Morgan fingerprint density at radius 2 is 1.97 bits per heavy atom. The van der Waals surface area contributed by atoms with E-state index in [1.165, 1.54) is 5.56 Å². The van der Waals surface area contributed by atoms with Crippen molar-refractivity contribution in [3.05, 3.63) is 41.7 Å². The van der Waals surface area contributed by atoms with Crippen LogP contribution in [-0.2, 0) is 11.2 Å². The standard InChI is InChI=1S/C23H34N4O3/c1-4-5-6-21(23(28)24-22-17-18(2)30-25-22)27-15-13-26(14-16-27)12-11-19-7-9-20(29-3)10-8-19/h7-10,17,21H,4-6,11-16H2,1-3H3,(H,24,25,28). The van der Waals surface area contributed by atoms with Gasteiger partial charge in [0.15, 0.2) is 5.82 Å². The molecule has 1 aliphatic rings. The van der Waals surface area contributed by atoms with Crippen LogP contribution >= 0.6 is 0 Å². The molecule has 7 nitrogen and oxygen atoms in total. The van der Waals surface area contributed by atoms with Gasteiger partial charge in [0.2, 0.25) is 5.91 Å². The highest BCUT2D eigenvalue weighted by Gasteiger charge is 2.29. The lowest BCUT2D eigenvalue weighted by Crippen LogP contribution is -2.54. The summed E-state index contributed by atoms with van der Waals surface area (Å²) in [5, 5.41) is 6.82. The molecule has 1 aliphatic heterocycles. The third-order valence-corrected chi connectivity index (χ3v) is 5.74. The van der Waals surface area contributed by atoms with Gasteiger partial charge in [0.1, 0.15) is 11.5 Å². The van der Waals surface area contributed by atoms with Gasteiger partial charge >= 0.3 is 0 Å². The second kappa shape index (κ2) is 11.1. The monoisotopic (exact) mass is 414 g/mol. The first kappa shape index (κ1) is 22.3. The lowest BCUT2D eigenvalue weighted by Gasteiger charge is -2.38. The highest BCUT2D eigenvalue weighted by atomic mass is 16.5. The molecule has 1 fully saturated rings. The molecule has 2 heterocycles. The number of methoxy groups -OCH3 is 1. The van der Waals surface area contributed by atoms with Crippen LogP contribution in [0.4, 0.5) is 5.82 Å². The molecular formula is C23H34N4O3. The predicted octanol–water partition coefficient (Wildman–Crippen LogP) is 3.35. The van der Waals surface area contributed by atoms with Gasteiger partial charge in [-0.3, -0.25) is 9.69 Å². The molecule has 0 saturated carbocycles. The van der Waals surface area contributed by atoms with Crippen LogP contribution in [0.3, 0.4) is 0 Å². The SMILES string of the molecule is CCCCC(C(=O)Nc1cc(C)on1)N1CCN(CCc2ccc(OC)cc2)CC1. The lowest BCUT2D eigenvalue weighted by molar-refractivity contribution is -0.122. The first-order valence-electron chi connectivity index (χ1n) is 10.9. The summed E-state index contributed by atoms with van der Waals surface area (Å²) in [6.07, 6.45) is 4.00. The highest BCUT2D eigenvalue weighted by Crippen LogP contribution is 2.17. The fourth-order valence-electron chi connectivity index (χ4n) is 3.89. The number of hydrogen-bond donors (Lipinski definition) is 1. The van der Waals surface area contributed by atoms with Gasteiger partial charge in [-0.15, -0.1) is 0 Å². The largest absolute Gasteiger partial charge is 0.497 e. The molecule has 1 amide bonds. The number of amides is 1. The number of anilines is 1. The summed E-state index contributed by atoms with van der Waals surface area (Å²) in [6.45, 7) is 8.79. The molecular weight excluding hydrogens is 380 g/mol. The van der Waals surface area contributed by atoms with Gasteiger partial charge in [-0.25, -0.2) is 0 Å². The molecule has 30 heavy (non-hydrogen) atoms. The van der Waals surface area contributed by atoms with Crippen LogP contribution in [0.15, 0.2) is 34.9 Å². The smallest absolute Gasteiger partial charge is 0.242 e. The van der Waals surface area contributed by atoms with Crippen molar-refractivity contribution in [2.75, 3.05) is 45.2 Å². The van der Waals surface area contributed by atoms with E-state index in [2.05, 4.69) is 39.3 Å². The van der Waals surface area contributed by atoms with E-state index in [-0.39, 0.29) is 11.9 Å². The quantitative estimate of drug-likeness (QED) is 0.643. The third kappa shape index (κ3) is 6.31. The van der Waals surface area contributed by atoms with E-state index in [4.69, 9.17) is 9.26 Å². The summed E-state index contributed by atoms with van der Waals surface area (Å²) in [5.41, 5.74) is 1.32. The van der Waals surface area contributed by atoms with Gasteiger partial charge in [-0.05, 0) is 37.5 Å². The average molecular weight is 415 g/mol. The molecule has 1 aromatic heterocycles. The normalized spacial score (nSPS) is 16.4. The molecule has 1 saturated heterocycles.